The summed E-state index contributed by atoms with van der Waals surface area (Å²) in [4.78, 5) is 6.96. The van der Waals surface area contributed by atoms with Gasteiger partial charge in [-0.05, 0) is 30.4 Å². The molecule has 0 aliphatic carbocycles. The number of ether oxygens (including phenoxy) is 1. The molecule has 21 heavy (non-hydrogen) atoms. The van der Waals surface area contributed by atoms with Crippen molar-refractivity contribution in [2.75, 3.05) is 44.3 Å². The van der Waals surface area contributed by atoms with Gasteiger partial charge in [-0.25, -0.2) is 9.50 Å². The highest BCUT2D eigenvalue weighted by Gasteiger charge is 2.23. The number of hydrogen-bond donors (Lipinski definition) is 1. The molecule has 6 nitrogen and oxygen atoms in total. The molecule has 6 heteroatoms. The molecule has 0 bridgehead atoms. The molecule has 1 N–H and O–H groups in total. The van der Waals surface area contributed by atoms with Gasteiger partial charge in [-0.15, -0.1) is 0 Å². The molecule has 2 aromatic heterocycles. The Morgan fingerprint density at radius 2 is 2.00 bits per heavy atom. The molecule has 4 heterocycles. The normalized spacial score (nSPS) is 21.0. The highest BCUT2D eigenvalue weighted by Crippen LogP contribution is 2.33. The van der Waals surface area contributed by atoms with Crippen molar-refractivity contribution in [3.8, 4) is 0 Å². The first kappa shape index (κ1) is 13.0. The number of aromatic nitrogens is 3. The Bertz CT molecular complexity index is 614. The van der Waals surface area contributed by atoms with Crippen LogP contribution in [0, 0.1) is 0 Å². The van der Waals surface area contributed by atoms with Crippen molar-refractivity contribution < 1.29 is 4.74 Å². The molecule has 2 aliphatic rings. The Morgan fingerprint density at radius 1 is 1.19 bits per heavy atom. The summed E-state index contributed by atoms with van der Waals surface area (Å²) >= 11 is 0. The molecule has 0 saturated carbocycles. The Balaban J connectivity index is 1.77. The summed E-state index contributed by atoms with van der Waals surface area (Å²) in [6.45, 7) is 5.76. The number of fused-ring (bicyclic) bond motifs is 1. The van der Waals surface area contributed by atoms with Crippen LogP contribution in [-0.4, -0.2) is 54.0 Å². The molecular weight excluding hydrogens is 266 g/mol. The van der Waals surface area contributed by atoms with Gasteiger partial charge >= 0.3 is 0 Å². The molecule has 0 radical (unpaired) electrons. The highest BCUT2D eigenvalue weighted by molar-refractivity contribution is 5.74. The molecular formula is C15H21N5O. The molecule has 0 unspecified atom stereocenters. The van der Waals surface area contributed by atoms with Crippen LogP contribution in [0.2, 0.25) is 0 Å². The summed E-state index contributed by atoms with van der Waals surface area (Å²) in [6.07, 6.45) is 5.91. The van der Waals surface area contributed by atoms with Gasteiger partial charge in [-0.3, -0.25) is 0 Å². The molecule has 0 spiro atoms. The largest absolute Gasteiger partial charge is 0.381 e. The van der Waals surface area contributed by atoms with Crippen LogP contribution < -0.4 is 10.2 Å². The minimum Gasteiger partial charge on any atom is -0.381 e. The minimum atomic E-state index is 0.566. The molecule has 0 atom stereocenters. The minimum absolute atomic E-state index is 0.566. The lowest BCUT2D eigenvalue weighted by Gasteiger charge is -2.29. The third kappa shape index (κ3) is 2.38. The molecule has 2 aliphatic heterocycles. The molecule has 0 aromatic carbocycles. The number of rotatable bonds is 2. The van der Waals surface area contributed by atoms with Crippen LogP contribution in [0.4, 0.5) is 5.82 Å². The fourth-order valence-electron chi connectivity index (χ4n) is 3.41. The lowest BCUT2D eigenvalue weighted by molar-refractivity contribution is 0.0856. The average Bonchev–Trinajstić information content (AvgIpc) is 3.00. The summed E-state index contributed by atoms with van der Waals surface area (Å²) in [5.74, 6) is 1.65. The van der Waals surface area contributed by atoms with Crippen LogP contribution in [0.1, 0.15) is 24.3 Å². The Kier molecular flexibility index (Phi) is 3.48. The molecule has 112 valence electrons. The molecule has 2 saturated heterocycles. The van der Waals surface area contributed by atoms with Gasteiger partial charge < -0.3 is 15.0 Å². The Hall–Kier alpha value is -1.66. The van der Waals surface area contributed by atoms with Crippen LogP contribution in [0.5, 0.6) is 0 Å². The van der Waals surface area contributed by atoms with Crippen LogP contribution >= 0.6 is 0 Å². The van der Waals surface area contributed by atoms with Crippen LogP contribution in [-0.2, 0) is 4.74 Å². The third-order valence-electron chi connectivity index (χ3n) is 4.54. The van der Waals surface area contributed by atoms with Crippen LogP contribution in [0.15, 0.2) is 18.6 Å². The van der Waals surface area contributed by atoms with E-state index in [9.17, 15) is 0 Å². The van der Waals surface area contributed by atoms with Crippen molar-refractivity contribution in [2.24, 2.45) is 0 Å². The van der Waals surface area contributed by atoms with Crippen LogP contribution in [0.25, 0.3) is 5.52 Å². The maximum Gasteiger partial charge on any atom is 0.156 e. The van der Waals surface area contributed by atoms with Crippen molar-refractivity contribution in [3.05, 3.63) is 24.2 Å². The number of anilines is 1. The summed E-state index contributed by atoms with van der Waals surface area (Å²) < 4.78 is 7.48. The second-order valence-corrected chi connectivity index (χ2v) is 5.77. The smallest absolute Gasteiger partial charge is 0.156 e. The van der Waals surface area contributed by atoms with Crippen molar-refractivity contribution >= 4 is 11.3 Å². The zero-order valence-electron chi connectivity index (χ0n) is 12.2. The third-order valence-corrected chi connectivity index (χ3v) is 4.54. The summed E-state index contributed by atoms with van der Waals surface area (Å²) in [6, 6.07) is 2.21. The first-order chi connectivity index (χ1) is 10.4. The Labute approximate surface area is 124 Å². The van der Waals surface area contributed by atoms with E-state index in [0.29, 0.717) is 5.92 Å². The second kappa shape index (κ2) is 5.61. The first-order valence-electron chi connectivity index (χ1n) is 7.79. The van der Waals surface area contributed by atoms with Gasteiger partial charge in [0.05, 0.1) is 0 Å². The summed E-state index contributed by atoms with van der Waals surface area (Å²) in [5, 5.41) is 7.78. The summed E-state index contributed by atoms with van der Waals surface area (Å²) in [5.41, 5.74) is 2.57. The van der Waals surface area contributed by atoms with Crippen molar-refractivity contribution in [3.63, 3.8) is 0 Å². The van der Waals surface area contributed by atoms with Crippen molar-refractivity contribution in [1.29, 1.82) is 0 Å². The summed E-state index contributed by atoms with van der Waals surface area (Å²) in [7, 11) is 0. The number of nitrogens with zero attached hydrogens (tertiary/aromatic N) is 4. The van der Waals surface area contributed by atoms with Gasteiger partial charge in [0.2, 0.25) is 0 Å². The fourth-order valence-corrected chi connectivity index (χ4v) is 3.41. The van der Waals surface area contributed by atoms with Gasteiger partial charge in [0.25, 0.3) is 0 Å². The van der Waals surface area contributed by atoms with E-state index in [2.05, 4.69) is 32.6 Å². The maximum atomic E-state index is 5.50. The van der Waals surface area contributed by atoms with Gasteiger partial charge in [-0.2, -0.15) is 5.10 Å². The zero-order valence-corrected chi connectivity index (χ0v) is 12.2. The Morgan fingerprint density at radius 3 is 2.81 bits per heavy atom. The first-order valence-corrected chi connectivity index (χ1v) is 7.79. The molecule has 0 amide bonds. The van der Waals surface area contributed by atoms with E-state index >= 15 is 0 Å². The monoisotopic (exact) mass is 287 g/mol. The standard InChI is InChI=1S/C15H21N5O/c1-6-20-14(13(1)12-2-9-21-10-3-12)15(17-11-18-20)19-7-4-16-5-8-19/h1,6,11-12,16H,2-5,7-10H2. The topological polar surface area (TPSA) is 54.7 Å². The van der Waals surface area contributed by atoms with E-state index in [1.807, 2.05) is 4.52 Å². The lowest BCUT2D eigenvalue weighted by atomic mass is 9.92. The highest BCUT2D eigenvalue weighted by atomic mass is 16.5. The number of hydrogen-bond acceptors (Lipinski definition) is 5. The van der Waals surface area contributed by atoms with Gasteiger partial charge in [0.15, 0.2) is 5.82 Å². The van der Waals surface area contributed by atoms with E-state index < -0.39 is 0 Å². The maximum absolute atomic E-state index is 5.50. The molecule has 4 rings (SSSR count). The van der Waals surface area contributed by atoms with Crippen molar-refractivity contribution in [2.45, 2.75) is 18.8 Å². The molecule has 2 fully saturated rings. The van der Waals surface area contributed by atoms with E-state index in [-0.39, 0.29) is 0 Å². The lowest BCUT2D eigenvalue weighted by Crippen LogP contribution is -2.44. The number of nitrogens with one attached hydrogen (secondary N) is 1. The number of piperazine rings is 1. The van der Waals surface area contributed by atoms with Crippen LogP contribution in [0.3, 0.4) is 0 Å². The van der Waals surface area contributed by atoms with Crippen molar-refractivity contribution in [1.82, 2.24) is 19.9 Å². The van der Waals surface area contributed by atoms with Gasteiger partial charge in [-0.1, -0.05) is 0 Å². The van der Waals surface area contributed by atoms with Gasteiger partial charge in [0.1, 0.15) is 11.8 Å². The average molecular weight is 287 g/mol. The quantitative estimate of drug-likeness (QED) is 0.894. The van der Waals surface area contributed by atoms with E-state index in [1.165, 1.54) is 11.1 Å². The predicted molar refractivity (Wildman–Crippen MR) is 80.9 cm³/mol. The second-order valence-electron chi connectivity index (χ2n) is 5.77. The fraction of sp³-hybridized carbons (Fsp3) is 0.600. The molecule has 2 aromatic rings. The SMILES string of the molecule is c1nc(N2CCNCC2)c2c(C3CCOCC3)ccn2n1. The van der Waals surface area contributed by atoms with E-state index in [0.717, 1.165) is 58.1 Å². The predicted octanol–water partition coefficient (Wildman–Crippen LogP) is 1.03. The zero-order chi connectivity index (χ0) is 14.1. The van der Waals surface area contributed by atoms with Gasteiger partial charge in [0, 0.05) is 45.6 Å². The van der Waals surface area contributed by atoms with E-state index in [1.54, 1.807) is 6.33 Å². The van der Waals surface area contributed by atoms with E-state index in [4.69, 9.17) is 4.74 Å².